The first-order chi connectivity index (χ1) is 16.9. The van der Waals surface area contributed by atoms with Gasteiger partial charge >= 0.3 is 0 Å². The molecule has 2 atom stereocenters. The van der Waals surface area contributed by atoms with Crippen molar-refractivity contribution in [2.24, 2.45) is 16.1 Å². The number of hydrogen-bond acceptors (Lipinski definition) is 8. The van der Waals surface area contributed by atoms with E-state index in [9.17, 15) is 4.79 Å². The Morgan fingerprint density at radius 1 is 1.26 bits per heavy atom. The van der Waals surface area contributed by atoms with Gasteiger partial charge in [-0.3, -0.25) is 9.79 Å². The van der Waals surface area contributed by atoms with Crippen LogP contribution in [0, 0.1) is 12.0 Å². The Balaban J connectivity index is 1.24. The average molecular weight is 473 g/mol. The number of benzene rings is 1. The lowest BCUT2D eigenvalue weighted by molar-refractivity contribution is -0.117. The maximum Gasteiger partial charge on any atom is 0.246 e. The van der Waals surface area contributed by atoms with Crippen molar-refractivity contribution in [3.63, 3.8) is 0 Å². The third kappa shape index (κ3) is 3.38. The van der Waals surface area contributed by atoms with E-state index in [4.69, 9.17) is 32.0 Å². The van der Waals surface area contributed by atoms with E-state index < -0.39 is 0 Å². The van der Waals surface area contributed by atoms with E-state index in [0.29, 0.717) is 29.4 Å². The van der Waals surface area contributed by atoms with Crippen LogP contribution in [0.3, 0.4) is 0 Å². The number of aromatic nitrogens is 2. The van der Waals surface area contributed by atoms with Crippen molar-refractivity contribution in [3.05, 3.63) is 47.2 Å². The topological polar surface area (TPSA) is 105 Å². The predicted molar refractivity (Wildman–Crippen MR) is 133 cm³/mol. The zero-order valence-corrected chi connectivity index (χ0v) is 19.9. The lowest BCUT2D eigenvalue weighted by Gasteiger charge is -2.41. The predicted octanol–water partition coefficient (Wildman–Crippen LogP) is 2.10. The highest BCUT2D eigenvalue weighted by Crippen LogP contribution is 2.42. The molecule has 0 bridgehead atoms. The maximum absolute atomic E-state index is 12.7. The summed E-state index contributed by atoms with van der Waals surface area (Å²) >= 11 is 0. The molecule has 35 heavy (non-hydrogen) atoms. The van der Waals surface area contributed by atoms with Crippen LogP contribution >= 0.6 is 0 Å². The van der Waals surface area contributed by atoms with Gasteiger partial charge in [-0.1, -0.05) is 6.07 Å². The van der Waals surface area contributed by atoms with Gasteiger partial charge < -0.3 is 25.2 Å². The number of hydrogen-bond donors (Lipinski definition) is 1. The minimum atomic E-state index is -0.0639. The molecule has 1 aromatic heterocycles. The van der Waals surface area contributed by atoms with Gasteiger partial charge in [0.05, 0.1) is 49.1 Å². The van der Waals surface area contributed by atoms with Gasteiger partial charge in [0, 0.05) is 31.6 Å². The molecule has 1 spiro atoms. The number of nitrogens with two attached hydrogens (primary N) is 1. The van der Waals surface area contributed by atoms with Crippen LogP contribution in [0.15, 0.2) is 29.4 Å². The molecule has 1 amide bonds. The Kier molecular flexibility index (Phi) is 5.02. The molecular formula is C25H28N8O2. The summed E-state index contributed by atoms with van der Waals surface area (Å²) in [4.78, 5) is 36.4. The van der Waals surface area contributed by atoms with E-state index in [1.54, 1.807) is 24.1 Å². The maximum atomic E-state index is 12.7. The highest BCUT2D eigenvalue weighted by molar-refractivity contribution is 6.18. The van der Waals surface area contributed by atoms with Crippen molar-refractivity contribution < 1.29 is 9.53 Å². The van der Waals surface area contributed by atoms with E-state index in [2.05, 4.69) is 16.7 Å². The van der Waals surface area contributed by atoms with Crippen molar-refractivity contribution >= 4 is 34.6 Å². The van der Waals surface area contributed by atoms with Gasteiger partial charge in [-0.15, -0.1) is 0 Å². The molecule has 0 radical (unpaired) electrons. The van der Waals surface area contributed by atoms with E-state index >= 15 is 0 Å². The molecule has 0 unspecified atom stereocenters. The normalized spacial score (nSPS) is 24.9. The first-order valence-electron chi connectivity index (χ1n) is 12.0. The van der Waals surface area contributed by atoms with E-state index in [1.165, 1.54) is 0 Å². The van der Waals surface area contributed by atoms with Crippen molar-refractivity contribution in [2.45, 2.75) is 38.5 Å². The molecule has 0 saturated carbocycles. The fourth-order valence-corrected chi connectivity index (χ4v) is 5.69. The smallest absolute Gasteiger partial charge is 0.246 e. The van der Waals surface area contributed by atoms with Gasteiger partial charge in [0.2, 0.25) is 5.91 Å². The monoisotopic (exact) mass is 472 g/mol. The van der Waals surface area contributed by atoms with Crippen LogP contribution in [0.25, 0.3) is 4.85 Å². The Hall–Kier alpha value is -3.55. The molecule has 2 N–H and O–H groups in total. The molecule has 0 aliphatic carbocycles. The second kappa shape index (κ2) is 8.00. The highest BCUT2D eigenvalue weighted by atomic mass is 16.5. The SMILES string of the molecule is [C-]#[N+]c1ccc2c(c1)N(C)C(=O)CN2C1=NCc2nc(N3CCC4(CC3)CO[C@@H](C)[C@H]4N)cnc21. The number of rotatable bonds is 1. The summed E-state index contributed by atoms with van der Waals surface area (Å²) in [7, 11) is 1.73. The van der Waals surface area contributed by atoms with Crippen molar-refractivity contribution in [3.8, 4) is 0 Å². The number of fused-ring (bicyclic) bond motifs is 2. The van der Waals surface area contributed by atoms with Crippen molar-refractivity contribution in [1.29, 1.82) is 0 Å². The van der Waals surface area contributed by atoms with Crippen LogP contribution in [0.5, 0.6) is 0 Å². The summed E-state index contributed by atoms with van der Waals surface area (Å²) in [6.07, 6.45) is 3.88. The molecule has 5 heterocycles. The number of carbonyl (C=O) groups excluding carboxylic acids is 1. The number of carbonyl (C=O) groups is 1. The number of aliphatic imine (C=N–C) groups is 1. The van der Waals surface area contributed by atoms with Crippen LogP contribution < -0.4 is 20.4 Å². The third-order valence-electron chi connectivity index (χ3n) is 8.02. The molecular weight excluding hydrogens is 444 g/mol. The minimum absolute atomic E-state index is 0.0603. The van der Waals surface area contributed by atoms with Crippen molar-refractivity contribution in [1.82, 2.24) is 9.97 Å². The average Bonchev–Trinajstić information content (AvgIpc) is 3.43. The van der Waals surface area contributed by atoms with Gasteiger partial charge in [0.1, 0.15) is 18.1 Å². The second-order valence-corrected chi connectivity index (χ2v) is 9.88. The zero-order chi connectivity index (χ0) is 24.3. The lowest BCUT2D eigenvalue weighted by atomic mass is 9.73. The molecule has 2 aromatic rings. The Labute approximate surface area is 204 Å². The van der Waals surface area contributed by atoms with Crippen LogP contribution in [0.4, 0.5) is 22.9 Å². The Morgan fingerprint density at radius 2 is 2.06 bits per heavy atom. The van der Waals surface area contributed by atoms with Gasteiger partial charge in [-0.25, -0.2) is 14.8 Å². The third-order valence-corrected chi connectivity index (χ3v) is 8.02. The van der Waals surface area contributed by atoms with Crippen molar-refractivity contribution in [2.75, 3.05) is 48.0 Å². The van der Waals surface area contributed by atoms with Crippen LogP contribution in [0.2, 0.25) is 0 Å². The van der Waals surface area contributed by atoms with Crippen LogP contribution in [-0.2, 0) is 16.1 Å². The van der Waals surface area contributed by atoms with Gasteiger partial charge in [-0.2, -0.15) is 0 Å². The molecule has 6 rings (SSSR count). The summed E-state index contributed by atoms with van der Waals surface area (Å²) in [5.41, 5.74) is 10.1. The molecule has 4 aliphatic rings. The molecule has 180 valence electrons. The summed E-state index contributed by atoms with van der Waals surface area (Å²) < 4.78 is 5.85. The summed E-state index contributed by atoms with van der Waals surface area (Å²) in [5.74, 6) is 1.44. The fraction of sp³-hybridized carbons (Fsp3) is 0.480. The van der Waals surface area contributed by atoms with E-state index in [0.717, 1.165) is 49.7 Å². The van der Waals surface area contributed by atoms with Gasteiger partial charge in [0.15, 0.2) is 11.5 Å². The standard InChI is InChI=1S/C25H28N8O2/c1-15-23(26)25(14-35-15)6-8-32(9-7-25)20-12-28-22-17(30-20)11-29-24(22)33-13-21(34)31(3)19-10-16(27-2)4-5-18(19)33/h4-5,10,12,15,23H,6-9,11,13-14,26H2,1,3H3/t15-,23+/m0/s1. The van der Waals surface area contributed by atoms with E-state index in [1.807, 2.05) is 17.2 Å². The molecule has 10 heteroatoms. The largest absolute Gasteiger partial charge is 0.376 e. The number of anilines is 3. The molecule has 2 saturated heterocycles. The number of amides is 1. The Bertz CT molecular complexity index is 1280. The quantitative estimate of drug-likeness (QED) is 0.634. The van der Waals surface area contributed by atoms with E-state index in [-0.39, 0.29) is 30.0 Å². The van der Waals surface area contributed by atoms with Crippen LogP contribution in [-0.4, -0.2) is 67.1 Å². The minimum Gasteiger partial charge on any atom is -0.376 e. The number of piperidine rings is 1. The zero-order valence-electron chi connectivity index (χ0n) is 19.9. The summed E-state index contributed by atoms with van der Waals surface area (Å²) in [5, 5.41) is 0. The molecule has 1 aromatic carbocycles. The first kappa shape index (κ1) is 21.9. The summed E-state index contributed by atoms with van der Waals surface area (Å²) in [6, 6.07) is 5.45. The fourth-order valence-electron chi connectivity index (χ4n) is 5.69. The lowest BCUT2D eigenvalue weighted by Crippen LogP contribution is -2.50. The number of ether oxygens (including phenoxy) is 1. The molecule has 4 aliphatic heterocycles. The summed E-state index contributed by atoms with van der Waals surface area (Å²) in [6.45, 7) is 12.4. The second-order valence-electron chi connectivity index (χ2n) is 9.88. The molecule has 10 nitrogen and oxygen atoms in total. The highest BCUT2D eigenvalue weighted by Gasteiger charge is 2.47. The number of nitrogens with zero attached hydrogens (tertiary/aromatic N) is 7. The van der Waals surface area contributed by atoms with Crippen LogP contribution in [0.1, 0.15) is 31.2 Å². The number of amidine groups is 1. The van der Waals surface area contributed by atoms with Gasteiger partial charge in [0.25, 0.3) is 0 Å². The molecule has 2 fully saturated rings. The van der Waals surface area contributed by atoms with Gasteiger partial charge in [-0.05, 0) is 31.9 Å². The number of likely N-dealkylation sites (N-methyl/N-ethyl adjacent to an activating group) is 1. The first-order valence-corrected chi connectivity index (χ1v) is 12.0. The Morgan fingerprint density at radius 3 is 2.77 bits per heavy atom.